The Balaban J connectivity index is 2.56. The number of nitrogens with zero attached hydrogens (tertiary/aromatic N) is 1. The highest BCUT2D eigenvalue weighted by molar-refractivity contribution is 7.99. The largest absolute Gasteiger partial charge is 0.465 e. The molecule has 0 aromatic carbocycles. The maximum atomic E-state index is 11.4. The average Bonchev–Trinajstić information content (AvgIpc) is 2.33. The number of rotatable bonds is 7. The van der Waals surface area contributed by atoms with Crippen molar-refractivity contribution in [2.45, 2.75) is 38.3 Å². The molecule has 1 N–H and O–H groups in total. The zero-order valence-corrected chi connectivity index (χ0v) is 11.5. The number of ether oxygens (including phenoxy) is 1. The van der Waals surface area contributed by atoms with Gasteiger partial charge in [-0.3, -0.25) is 9.59 Å². The van der Waals surface area contributed by atoms with Gasteiger partial charge in [-0.2, -0.15) is 0 Å². The predicted octanol–water partition coefficient (Wildman–Crippen LogP) is 1.77. The summed E-state index contributed by atoms with van der Waals surface area (Å²) in [5.74, 6) is -0.121. The molecule has 0 radical (unpaired) electrons. The Kier molecular flexibility index (Phi) is 6.49. The van der Waals surface area contributed by atoms with E-state index in [-0.39, 0.29) is 17.3 Å². The van der Waals surface area contributed by atoms with Crippen LogP contribution in [-0.2, 0) is 16.0 Å². The van der Waals surface area contributed by atoms with Gasteiger partial charge in [0, 0.05) is 11.8 Å². The van der Waals surface area contributed by atoms with E-state index < -0.39 is 0 Å². The minimum Gasteiger partial charge on any atom is -0.465 e. The smallest absolute Gasteiger partial charge is 0.316 e. The van der Waals surface area contributed by atoms with Crippen molar-refractivity contribution >= 4 is 17.7 Å². The number of thioether (sulfide) groups is 1. The summed E-state index contributed by atoms with van der Waals surface area (Å²) in [7, 11) is 0. The summed E-state index contributed by atoms with van der Waals surface area (Å²) in [5.41, 5.74) is 0.573. The summed E-state index contributed by atoms with van der Waals surface area (Å²) in [6.45, 7) is 4.39. The Morgan fingerprint density at radius 2 is 2.22 bits per heavy atom. The molecule has 0 aliphatic heterocycles. The van der Waals surface area contributed by atoms with Crippen molar-refractivity contribution in [2.24, 2.45) is 0 Å². The van der Waals surface area contributed by atoms with Crippen LogP contribution in [-0.4, -0.2) is 28.3 Å². The number of aryl methyl sites for hydroxylation is 1. The first-order chi connectivity index (χ1) is 8.65. The van der Waals surface area contributed by atoms with Gasteiger partial charge in [-0.1, -0.05) is 32.0 Å². The third-order valence-electron chi connectivity index (χ3n) is 2.07. The van der Waals surface area contributed by atoms with E-state index in [1.54, 1.807) is 0 Å². The second-order valence-electron chi connectivity index (χ2n) is 3.80. The zero-order valence-electron chi connectivity index (χ0n) is 10.7. The van der Waals surface area contributed by atoms with Gasteiger partial charge in [-0.05, 0) is 12.8 Å². The first-order valence-electron chi connectivity index (χ1n) is 6.04. The first-order valence-corrected chi connectivity index (χ1v) is 7.03. The highest BCUT2D eigenvalue weighted by Gasteiger charge is 2.06. The summed E-state index contributed by atoms with van der Waals surface area (Å²) in [5, 5.41) is 0.472. The van der Waals surface area contributed by atoms with Gasteiger partial charge >= 0.3 is 5.97 Å². The number of hydrogen-bond donors (Lipinski definition) is 1. The molecule has 1 aromatic rings. The van der Waals surface area contributed by atoms with Crippen molar-refractivity contribution in [3.63, 3.8) is 0 Å². The van der Waals surface area contributed by atoms with Gasteiger partial charge in [0.25, 0.3) is 5.56 Å². The molecule has 0 atom stereocenters. The monoisotopic (exact) mass is 270 g/mol. The van der Waals surface area contributed by atoms with Crippen molar-refractivity contribution in [1.29, 1.82) is 0 Å². The van der Waals surface area contributed by atoms with Gasteiger partial charge in [0.1, 0.15) is 0 Å². The summed E-state index contributed by atoms with van der Waals surface area (Å²) >= 11 is 1.19. The van der Waals surface area contributed by atoms with Crippen LogP contribution in [0.1, 0.15) is 32.4 Å². The number of aromatic amines is 1. The standard InChI is InChI=1S/C12H18N2O3S/c1-3-5-9-7-10(15)14-12(13-9)18-8-11(16)17-6-4-2/h7H,3-6,8H2,1-2H3,(H,13,14,15). The van der Waals surface area contributed by atoms with Crippen molar-refractivity contribution in [3.05, 3.63) is 22.1 Å². The summed E-state index contributed by atoms with van der Waals surface area (Å²) in [6.07, 6.45) is 2.49. The molecule has 0 saturated carbocycles. The van der Waals surface area contributed by atoms with Crippen molar-refractivity contribution in [1.82, 2.24) is 9.97 Å². The highest BCUT2D eigenvalue weighted by atomic mass is 32.2. The molecular formula is C12H18N2O3S. The normalized spacial score (nSPS) is 10.3. The number of hydrogen-bond acceptors (Lipinski definition) is 5. The van der Waals surface area contributed by atoms with E-state index in [2.05, 4.69) is 9.97 Å². The quantitative estimate of drug-likeness (QED) is 0.464. The third-order valence-corrected chi connectivity index (χ3v) is 2.92. The van der Waals surface area contributed by atoms with E-state index in [0.29, 0.717) is 11.8 Å². The zero-order chi connectivity index (χ0) is 13.4. The lowest BCUT2D eigenvalue weighted by Crippen LogP contribution is -2.12. The number of esters is 1. The number of aromatic nitrogens is 2. The Morgan fingerprint density at radius 1 is 1.44 bits per heavy atom. The highest BCUT2D eigenvalue weighted by Crippen LogP contribution is 2.12. The summed E-state index contributed by atoms with van der Waals surface area (Å²) in [6, 6.07) is 1.49. The van der Waals surface area contributed by atoms with Gasteiger partial charge in [0.15, 0.2) is 5.16 Å². The summed E-state index contributed by atoms with van der Waals surface area (Å²) in [4.78, 5) is 29.6. The number of carbonyl (C=O) groups is 1. The SMILES string of the molecule is CCCOC(=O)CSc1nc(CCC)cc(=O)[nH]1. The second-order valence-corrected chi connectivity index (χ2v) is 4.77. The minimum atomic E-state index is -0.287. The maximum Gasteiger partial charge on any atom is 0.316 e. The summed E-state index contributed by atoms with van der Waals surface area (Å²) < 4.78 is 4.94. The molecule has 0 aliphatic carbocycles. The van der Waals surface area contributed by atoms with E-state index in [0.717, 1.165) is 25.0 Å². The topological polar surface area (TPSA) is 72.0 Å². The molecule has 5 nitrogen and oxygen atoms in total. The molecule has 0 saturated heterocycles. The molecule has 100 valence electrons. The maximum absolute atomic E-state index is 11.4. The molecule has 1 heterocycles. The van der Waals surface area contributed by atoms with E-state index in [9.17, 15) is 9.59 Å². The van der Waals surface area contributed by atoms with E-state index in [1.165, 1.54) is 17.8 Å². The number of H-pyrrole nitrogens is 1. The lowest BCUT2D eigenvalue weighted by atomic mass is 10.2. The van der Waals surface area contributed by atoms with Gasteiger partial charge in [0.2, 0.25) is 0 Å². The molecular weight excluding hydrogens is 252 g/mol. The average molecular weight is 270 g/mol. The third kappa shape index (κ3) is 5.35. The van der Waals surface area contributed by atoms with Crippen LogP contribution >= 0.6 is 11.8 Å². The van der Waals surface area contributed by atoms with Crippen LogP contribution in [0, 0.1) is 0 Å². The predicted molar refractivity (Wildman–Crippen MR) is 70.8 cm³/mol. The molecule has 1 aromatic heterocycles. The minimum absolute atomic E-state index is 0.165. The molecule has 1 rings (SSSR count). The van der Waals surface area contributed by atoms with Crippen LogP contribution in [0.5, 0.6) is 0 Å². The Labute approximate surface area is 110 Å². The molecule has 0 unspecified atom stereocenters. The van der Waals surface area contributed by atoms with Crippen LogP contribution < -0.4 is 5.56 Å². The number of carbonyl (C=O) groups excluding carboxylic acids is 1. The van der Waals surface area contributed by atoms with Crippen LogP contribution in [0.15, 0.2) is 16.0 Å². The molecule has 0 fully saturated rings. The van der Waals surface area contributed by atoms with Crippen molar-refractivity contribution in [2.75, 3.05) is 12.4 Å². The Morgan fingerprint density at radius 3 is 2.89 bits per heavy atom. The van der Waals surface area contributed by atoms with Gasteiger partial charge in [-0.15, -0.1) is 0 Å². The van der Waals surface area contributed by atoms with Gasteiger partial charge in [-0.25, -0.2) is 4.98 Å². The molecule has 0 amide bonds. The van der Waals surface area contributed by atoms with E-state index in [4.69, 9.17) is 4.74 Å². The fourth-order valence-electron chi connectivity index (χ4n) is 1.32. The van der Waals surface area contributed by atoms with Crippen LogP contribution in [0.2, 0.25) is 0 Å². The second kappa shape index (κ2) is 7.92. The Bertz CT molecular complexity index is 445. The molecule has 18 heavy (non-hydrogen) atoms. The molecule has 0 spiro atoms. The lowest BCUT2D eigenvalue weighted by Gasteiger charge is -2.04. The van der Waals surface area contributed by atoms with Crippen LogP contribution in [0.3, 0.4) is 0 Å². The lowest BCUT2D eigenvalue weighted by molar-refractivity contribution is -0.140. The van der Waals surface area contributed by atoms with E-state index in [1.807, 2.05) is 13.8 Å². The molecule has 6 heteroatoms. The van der Waals surface area contributed by atoms with Gasteiger partial charge in [0.05, 0.1) is 12.4 Å². The fourth-order valence-corrected chi connectivity index (χ4v) is 2.01. The van der Waals surface area contributed by atoms with Crippen molar-refractivity contribution < 1.29 is 9.53 Å². The molecule has 0 aliphatic rings. The molecule has 0 bridgehead atoms. The first kappa shape index (κ1) is 14.8. The van der Waals surface area contributed by atoms with Crippen LogP contribution in [0.4, 0.5) is 0 Å². The number of nitrogens with one attached hydrogen (secondary N) is 1. The van der Waals surface area contributed by atoms with E-state index >= 15 is 0 Å². The fraction of sp³-hybridized carbons (Fsp3) is 0.583. The van der Waals surface area contributed by atoms with Crippen molar-refractivity contribution in [3.8, 4) is 0 Å². The Hall–Kier alpha value is -1.30. The van der Waals surface area contributed by atoms with Crippen LogP contribution in [0.25, 0.3) is 0 Å². The van der Waals surface area contributed by atoms with Gasteiger partial charge < -0.3 is 9.72 Å².